The van der Waals surface area contributed by atoms with Gasteiger partial charge in [0.1, 0.15) is 10.6 Å². The predicted molar refractivity (Wildman–Crippen MR) is 146 cm³/mol. The van der Waals surface area contributed by atoms with E-state index in [1.165, 1.54) is 10.4 Å². The van der Waals surface area contributed by atoms with E-state index in [1.807, 2.05) is 24.4 Å². The van der Waals surface area contributed by atoms with Crippen LogP contribution in [0.3, 0.4) is 0 Å². The zero-order chi connectivity index (χ0) is 24.5. The van der Waals surface area contributed by atoms with Gasteiger partial charge in [-0.3, -0.25) is 9.78 Å². The number of pyridine rings is 1. The Morgan fingerprint density at radius 1 is 0.917 bits per heavy atom. The first-order valence-electron chi connectivity index (χ1n) is 13.0. The molecule has 0 radical (unpaired) electrons. The van der Waals surface area contributed by atoms with Crippen LogP contribution in [0.1, 0.15) is 32.6 Å². The normalized spacial score (nSPS) is 17.6. The molecular formula is C29H31N5OS. The van der Waals surface area contributed by atoms with Gasteiger partial charge in [0.05, 0.1) is 5.39 Å². The van der Waals surface area contributed by atoms with Crippen LogP contribution in [-0.2, 0) is 4.79 Å². The minimum Gasteiger partial charge on any atom is -0.356 e. The number of piperidine rings is 2. The van der Waals surface area contributed by atoms with Crippen LogP contribution < -0.4 is 4.90 Å². The molecule has 7 heteroatoms. The Kier molecular flexibility index (Phi) is 6.40. The van der Waals surface area contributed by atoms with Gasteiger partial charge in [-0.2, -0.15) is 0 Å². The van der Waals surface area contributed by atoms with Gasteiger partial charge in [-0.15, -0.1) is 11.3 Å². The first kappa shape index (κ1) is 23.1. The Bertz CT molecular complexity index is 1340. The van der Waals surface area contributed by atoms with Crippen LogP contribution in [0.15, 0.2) is 60.9 Å². The maximum absolute atomic E-state index is 13.2. The summed E-state index contributed by atoms with van der Waals surface area (Å²) < 4.78 is 0. The van der Waals surface area contributed by atoms with Gasteiger partial charge in [0.25, 0.3) is 0 Å². The highest BCUT2D eigenvalue weighted by molar-refractivity contribution is 7.22. The van der Waals surface area contributed by atoms with E-state index in [-0.39, 0.29) is 5.92 Å². The highest BCUT2D eigenvalue weighted by Crippen LogP contribution is 2.39. The second kappa shape index (κ2) is 9.97. The molecule has 2 saturated heterocycles. The first-order valence-corrected chi connectivity index (χ1v) is 13.8. The molecule has 2 aliphatic heterocycles. The standard InChI is InChI=1S/C29H31N5OS/c1-20-9-14-34(15-10-20)29(35)22-11-16-33(17-12-22)27-24-18-25(21-6-3-2-4-7-21)36-28(24)32-26(31-27)23-8-5-13-30-19-23/h2-8,13,18-20,22H,9-12,14-17H2,1H3. The molecule has 0 unspecified atom stereocenters. The van der Waals surface area contributed by atoms with Crippen molar-refractivity contribution >= 4 is 33.3 Å². The fourth-order valence-electron chi connectivity index (χ4n) is 5.34. The molecule has 0 atom stereocenters. The van der Waals surface area contributed by atoms with Crippen molar-refractivity contribution in [2.45, 2.75) is 32.6 Å². The molecule has 0 N–H and O–H groups in total. The number of hydrogen-bond donors (Lipinski definition) is 0. The number of carbonyl (C=O) groups excluding carboxylic acids is 1. The molecule has 0 aliphatic carbocycles. The van der Waals surface area contributed by atoms with E-state index in [2.05, 4.69) is 52.0 Å². The quantitative estimate of drug-likeness (QED) is 0.352. The Hall–Kier alpha value is -3.32. The SMILES string of the molecule is CC1CCN(C(=O)C2CCN(c3nc(-c4cccnc4)nc4sc(-c5ccccc5)cc34)CC2)CC1. The summed E-state index contributed by atoms with van der Waals surface area (Å²) in [6, 6.07) is 16.6. The smallest absolute Gasteiger partial charge is 0.225 e. The molecule has 1 aromatic carbocycles. The maximum atomic E-state index is 13.2. The second-order valence-electron chi connectivity index (χ2n) is 10.1. The summed E-state index contributed by atoms with van der Waals surface area (Å²) in [6.07, 6.45) is 7.58. The molecule has 6 nitrogen and oxygen atoms in total. The third kappa shape index (κ3) is 4.60. The molecule has 2 aliphatic rings. The van der Waals surface area contributed by atoms with Crippen LogP contribution in [0.4, 0.5) is 5.82 Å². The molecule has 1 amide bonds. The number of amides is 1. The van der Waals surface area contributed by atoms with Crippen LogP contribution >= 0.6 is 11.3 Å². The summed E-state index contributed by atoms with van der Waals surface area (Å²) in [5.41, 5.74) is 2.11. The number of aromatic nitrogens is 3. The second-order valence-corrected chi connectivity index (χ2v) is 11.1. The van der Waals surface area contributed by atoms with Gasteiger partial charge in [0, 0.05) is 54.9 Å². The van der Waals surface area contributed by atoms with Gasteiger partial charge in [-0.25, -0.2) is 9.97 Å². The summed E-state index contributed by atoms with van der Waals surface area (Å²) in [5, 5.41) is 1.08. The lowest BCUT2D eigenvalue weighted by molar-refractivity contribution is -0.137. The van der Waals surface area contributed by atoms with Crippen molar-refractivity contribution in [1.29, 1.82) is 0 Å². The van der Waals surface area contributed by atoms with Crippen molar-refractivity contribution in [1.82, 2.24) is 19.9 Å². The zero-order valence-corrected chi connectivity index (χ0v) is 21.5. The van der Waals surface area contributed by atoms with Crippen molar-refractivity contribution < 1.29 is 4.79 Å². The van der Waals surface area contributed by atoms with Crippen LogP contribution in [0, 0.1) is 11.8 Å². The average molecular weight is 498 g/mol. The number of nitrogens with zero attached hydrogens (tertiary/aromatic N) is 5. The Morgan fingerprint density at radius 3 is 2.39 bits per heavy atom. The highest BCUT2D eigenvalue weighted by Gasteiger charge is 2.31. The fraction of sp³-hybridized carbons (Fsp3) is 0.379. The van der Waals surface area contributed by atoms with E-state index in [9.17, 15) is 4.79 Å². The van der Waals surface area contributed by atoms with Gasteiger partial charge >= 0.3 is 0 Å². The minimum atomic E-state index is 0.118. The number of benzene rings is 1. The number of carbonyl (C=O) groups is 1. The lowest BCUT2D eigenvalue weighted by Crippen LogP contribution is -2.45. The summed E-state index contributed by atoms with van der Waals surface area (Å²) in [4.78, 5) is 34.1. The highest BCUT2D eigenvalue weighted by atomic mass is 32.1. The summed E-state index contributed by atoms with van der Waals surface area (Å²) >= 11 is 1.70. The van der Waals surface area contributed by atoms with Crippen molar-refractivity contribution in [2.75, 3.05) is 31.1 Å². The molecule has 2 fully saturated rings. The number of rotatable bonds is 4. The van der Waals surface area contributed by atoms with E-state index in [1.54, 1.807) is 17.5 Å². The monoisotopic (exact) mass is 497 g/mol. The molecule has 0 spiro atoms. The van der Waals surface area contributed by atoms with E-state index in [4.69, 9.17) is 9.97 Å². The molecule has 4 aromatic rings. The molecule has 0 bridgehead atoms. The molecule has 3 aromatic heterocycles. The Balaban J connectivity index is 1.29. The molecule has 0 saturated carbocycles. The summed E-state index contributed by atoms with van der Waals surface area (Å²) in [6.45, 7) is 5.78. The van der Waals surface area contributed by atoms with Crippen LogP contribution in [0.5, 0.6) is 0 Å². The van der Waals surface area contributed by atoms with Crippen molar-refractivity contribution in [3.63, 3.8) is 0 Å². The molecule has 5 heterocycles. The lowest BCUT2D eigenvalue weighted by atomic mass is 9.92. The zero-order valence-electron chi connectivity index (χ0n) is 20.6. The van der Waals surface area contributed by atoms with Crippen LogP contribution in [0.25, 0.3) is 32.0 Å². The third-order valence-corrected chi connectivity index (χ3v) is 8.67. The topological polar surface area (TPSA) is 62.2 Å². The van der Waals surface area contributed by atoms with Crippen molar-refractivity contribution in [3.05, 3.63) is 60.9 Å². The third-order valence-electron chi connectivity index (χ3n) is 7.59. The van der Waals surface area contributed by atoms with Gasteiger partial charge in [-0.1, -0.05) is 37.3 Å². The number of thiophene rings is 1. The van der Waals surface area contributed by atoms with Gasteiger partial charge < -0.3 is 9.80 Å². The summed E-state index contributed by atoms with van der Waals surface area (Å²) in [7, 11) is 0. The van der Waals surface area contributed by atoms with Crippen LogP contribution in [0.2, 0.25) is 0 Å². The van der Waals surface area contributed by atoms with E-state index in [0.29, 0.717) is 11.7 Å². The number of likely N-dealkylation sites (tertiary alicyclic amines) is 1. The van der Waals surface area contributed by atoms with Crippen molar-refractivity contribution in [3.8, 4) is 21.8 Å². The number of anilines is 1. The van der Waals surface area contributed by atoms with E-state index < -0.39 is 0 Å². The minimum absolute atomic E-state index is 0.118. The lowest BCUT2D eigenvalue weighted by Gasteiger charge is -2.37. The molecule has 36 heavy (non-hydrogen) atoms. The Labute approximate surface area is 216 Å². The van der Waals surface area contributed by atoms with Gasteiger partial charge in [-0.05, 0) is 55.4 Å². The first-order chi connectivity index (χ1) is 17.7. The van der Waals surface area contributed by atoms with Crippen molar-refractivity contribution in [2.24, 2.45) is 11.8 Å². The van der Waals surface area contributed by atoms with Gasteiger partial charge in [0.2, 0.25) is 5.91 Å². The van der Waals surface area contributed by atoms with E-state index in [0.717, 1.165) is 79.4 Å². The van der Waals surface area contributed by atoms with Crippen LogP contribution in [-0.4, -0.2) is 51.9 Å². The Morgan fingerprint density at radius 2 is 1.67 bits per heavy atom. The maximum Gasteiger partial charge on any atom is 0.225 e. The average Bonchev–Trinajstić information content (AvgIpc) is 3.38. The predicted octanol–water partition coefficient (Wildman–Crippen LogP) is 5.90. The number of fused-ring (bicyclic) bond motifs is 1. The van der Waals surface area contributed by atoms with E-state index >= 15 is 0 Å². The largest absolute Gasteiger partial charge is 0.356 e. The number of hydrogen-bond acceptors (Lipinski definition) is 6. The molecule has 6 rings (SSSR count). The van der Waals surface area contributed by atoms with Gasteiger partial charge in [0.15, 0.2) is 5.82 Å². The fourth-order valence-corrected chi connectivity index (χ4v) is 6.37. The molecular weight excluding hydrogens is 466 g/mol. The molecule has 184 valence electrons. The summed E-state index contributed by atoms with van der Waals surface area (Å²) in [5.74, 6) is 2.87.